The Labute approximate surface area is 96.5 Å². The summed E-state index contributed by atoms with van der Waals surface area (Å²) in [6.07, 6.45) is 0. The first kappa shape index (κ1) is 9.11. The Bertz CT molecular complexity index is 708. The lowest BCUT2D eigenvalue weighted by atomic mass is 10.0. The zero-order chi connectivity index (χ0) is 11.6. The fourth-order valence-electron chi connectivity index (χ4n) is 2.44. The van der Waals surface area contributed by atoms with E-state index in [9.17, 15) is 8.78 Å². The van der Waals surface area contributed by atoms with Gasteiger partial charge in [0.2, 0.25) is 0 Å². The quantitative estimate of drug-likeness (QED) is 0.497. The van der Waals surface area contributed by atoms with Crippen LogP contribution < -0.4 is 0 Å². The Morgan fingerprint density at radius 2 is 1.12 bits per heavy atom. The van der Waals surface area contributed by atoms with E-state index in [2.05, 4.69) is 0 Å². The summed E-state index contributed by atoms with van der Waals surface area (Å²) in [5.74, 6) is -2.69. The highest BCUT2D eigenvalue weighted by molar-refractivity contribution is 5.99. The molecule has 3 aromatic carbocycles. The standard InChI is InChI=1S/C15H8F2/c16-15(17)13-7-11-5-9-3-1-2-4-10(9)6-12(11)8-14(13)15/h1-8H. The third kappa shape index (κ3) is 1.10. The lowest BCUT2D eigenvalue weighted by Crippen LogP contribution is -1.82. The summed E-state index contributed by atoms with van der Waals surface area (Å²) in [5, 5.41) is 3.95. The van der Waals surface area contributed by atoms with Gasteiger partial charge in [-0.1, -0.05) is 24.3 Å². The maximum Gasteiger partial charge on any atom is 0.299 e. The van der Waals surface area contributed by atoms with Crippen LogP contribution in [0.3, 0.4) is 0 Å². The van der Waals surface area contributed by atoms with Crippen LogP contribution >= 0.6 is 0 Å². The fourth-order valence-corrected chi connectivity index (χ4v) is 2.44. The summed E-state index contributed by atoms with van der Waals surface area (Å²) in [7, 11) is 0. The van der Waals surface area contributed by atoms with E-state index in [4.69, 9.17) is 0 Å². The van der Waals surface area contributed by atoms with E-state index in [0.29, 0.717) is 0 Å². The van der Waals surface area contributed by atoms with Crippen molar-refractivity contribution in [3.05, 3.63) is 59.7 Å². The maximum absolute atomic E-state index is 13.3. The van der Waals surface area contributed by atoms with E-state index < -0.39 is 5.92 Å². The summed E-state index contributed by atoms with van der Waals surface area (Å²) in [6, 6.07) is 15.1. The molecule has 3 aromatic rings. The first-order chi connectivity index (χ1) is 8.16. The van der Waals surface area contributed by atoms with Crippen molar-refractivity contribution in [2.45, 2.75) is 5.92 Å². The molecule has 17 heavy (non-hydrogen) atoms. The van der Waals surface area contributed by atoms with Gasteiger partial charge in [0.25, 0.3) is 5.92 Å². The van der Waals surface area contributed by atoms with Gasteiger partial charge in [0.05, 0.1) is 0 Å². The van der Waals surface area contributed by atoms with E-state index in [1.54, 1.807) is 12.1 Å². The van der Waals surface area contributed by atoms with Crippen molar-refractivity contribution in [2.24, 2.45) is 0 Å². The zero-order valence-electron chi connectivity index (χ0n) is 8.87. The molecule has 0 spiro atoms. The molecule has 0 unspecified atom stereocenters. The molecule has 0 bridgehead atoms. The molecular weight excluding hydrogens is 218 g/mol. The van der Waals surface area contributed by atoms with E-state index in [1.165, 1.54) is 0 Å². The van der Waals surface area contributed by atoms with Gasteiger partial charge in [0.15, 0.2) is 0 Å². The van der Waals surface area contributed by atoms with Gasteiger partial charge in [-0.3, -0.25) is 0 Å². The largest absolute Gasteiger partial charge is 0.299 e. The SMILES string of the molecule is FC1(F)c2cc3cc4ccccc4cc3cc21. The monoisotopic (exact) mass is 226 g/mol. The Balaban J connectivity index is 2.12. The zero-order valence-corrected chi connectivity index (χ0v) is 8.87. The second kappa shape index (κ2) is 2.65. The molecule has 82 valence electrons. The molecule has 1 aliphatic carbocycles. The summed E-state index contributed by atoms with van der Waals surface area (Å²) < 4.78 is 26.6. The first-order valence-corrected chi connectivity index (χ1v) is 5.51. The molecule has 0 heterocycles. The van der Waals surface area contributed by atoms with E-state index >= 15 is 0 Å². The Morgan fingerprint density at radius 1 is 0.647 bits per heavy atom. The van der Waals surface area contributed by atoms with Crippen LogP contribution in [0.15, 0.2) is 48.5 Å². The molecule has 1 aliphatic rings. The number of fused-ring (bicyclic) bond motifs is 3. The van der Waals surface area contributed by atoms with Crippen LogP contribution in [0, 0.1) is 0 Å². The number of hydrogen-bond acceptors (Lipinski definition) is 0. The van der Waals surface area contributed by atoms with Crippen molar-refractivity contribution in [3.63, 3.8) is 0 Å². The highest BCUT2D eigenvalue weighted by Crippen LogP contribution is 2.54. The van der Waals surface area contributed by atoms with Crippen molar-refractivity contribution in [2.75, 3.05) is 0 Å². The van der Waals surface area contributed by atoms with Crippen LogP contribution in [0.25, 0.3) is 21.5 Å². The molecule has 0 aromatic heterocycles. The molecule has 0 amide bonds. The minimum absolute atomic E-state index is 0.181. The predicted molar refractivity (Wildman–Crippen MR) is 64.5 cm³/mol. The summed E-state index contributed by atoms with van der Waals surface area (Å²) in [4.78, 5) is 0. The number of benzene rings is 3. The minimum atomic E-state index is -2.69. The van der Waals surface area contributed by atoms with Crippen molar-refractivity contribution in [3.8, 4) is 0 Å². The number of halogens is 2. The number of rotatable bonds is 0. The normalized spacial score (nSPS) is 16.1. The molecule has 2 heteroatoms. The third-order valence-corrected chi connectivity index (χ3v) is 3.46. The van der Waals surface area contributed by atoms with E-state index in [1.807, 2.05) is 36.4 Å². The summed E-state index contributed by atoms with van der Waals surface area (Å²) >= 11 is 0. The predicted octanol–water partition coefficient (Wildman–Crippen LogP) is 4.45. The minimum Gasteiger partial charge on any atom is -0.196 e. The maximum atomic E-state index is 13.3. The van der Waals surface area contributed by atoms with Crippen molar-refractivity contribution in [1.29, 1.82) is 0 Å². The average molecular weight is 226 g/mol. The van der Waals surface area contributed by atoms with Crippen molar-refractivity contribution < 1.29 is 8.78 Å². The lowest BCUT2D eigenvalue weighted by molar-refractivity contribution is 0.0990. The lowest BCUT2D eigenvalue weighted by Gasteiger charge is -2.00. The van der Waals surface area contributed by atoms with Crippen LogP contribution in [0.4, 0.5) is 8.78 Å². The Hall–Kier alpha value is -1.96. The van der Waals surface area contributed by atoms with Gasteiger partial charge in [-0.25, -0.2) is 0 Å². The van der Waals surface area contributed by atoms with Crippen LogP contribution in [-0.4, -0.2) is 0 Å². The van der Waals surface area contributed by atoms with Gasteiger partial charge >= 0.3 is 0 Å². The highest BCUT2D eigenvalue weighted by Gasteiger charge is 2.52. The van der Waals surface area contributed by atoms with Crippen LogP contribution in [0.1, 0.15) is 11.1 Å². The molecule has 0 fully saturated rings. The van der Waals surface area contributed by atoms with Crippen molar-refractivity contribution in [1.82, 2.24) is 0 Å². The summed E-state index contributed by atoms with van der Waals surface area (Å²) in [5.41, 5.74) is 0.362. The highest BCUT2D eigenvalue weighted by atomic mass is 19.3. The van der Waals surface area contributed by atoms with E-state index in [0.717, 1.165) is 21.5 Å². The topological polar surface area (TPSA) is 0 Å². The van der Waals surface area contributed by atoms with Crippen molar-refractivity contribution >= 4 is 21.5 Å². The molecule has 0 nitrogen and oxygen atoms in total. The molecule has 0 radical (unpaired) electrons. The van der Waals surface area contributed by atoms with Gasteiger partial charge < -0.3 is 0 Å². The molecule has 4 rings (SSSR count). The average Bonchev–Trinajstić information content (AvgIpc) is 2.85. The van der Waals surface area contributed by atoms with Gasteiger partial charge in [0.1, 0.15) is 0 Å². The molecule has 0 atom stereocenters. The van der Waals surface area contributed by atoms with Crippen LogP contribution in [-0.2, 0) is 5.92 Å². The third-order valence-electron chi connectivity index (χ3n) is 3.46. The van der Waals surface area contributed by atoms with Gasteiger partial charge in [-0.05, 0) is 45.8 Å². The molecule has 0 N–H and O–H groups in total. The first-order valence-electron chi connectivity index (χ1n) is 5.51. The molecular formula is C15H8F2. The second-order valence-corrected chi connectivity index (χ2v) is 4.52. The molecule has 0 saturated heterocycles. The fraction of sp³-hybridized carbons (Fsp3) is 0.0667. The summed E-state index contributed by atoms with van der Waals surface area (Å²) in [6.45, 7) is 0. The van der Waals surface area contributed by atoms with E-state index in [-0.39, 0.29) is 11.1 Å². The molecule has 0 aliphatic heterocycles. The van der Waals surface area contributed by atoms with Gasteiger partial charge in [-0.15, -0.1) is 0 Å². The van der Waals surface area contributed by atoms with Crippen LogP contribution in [0.2, 0.25) is 0 Å². The number of alkyl halides is 2. The smallest absolute Gasteiger partial charge is 0.196 e. The van der Waals surface area contributed by atoms with Gasteiger partial charge in [-0.2, -0.15) is 8.78 Å². The Morgan fingerprint density at radius 3 is 1.59 bits per heavy atom. The number of hydrogen-bond donors (Lipinski definition) is 0. The second-order valence-electron chi connectivity index (χ2n) is 4.52. The molecule has 0 saturated carbocycles. The van der Waals surface area contributed by atoms with Crippen LogP contribution in [0.5, 0.6) is 0 Å². The Kier molecular flexibility index (Phi) is 1.42. The van der Waals surface area contributed by atoms with Gasteiger partial charge in [0, 0.05) is 11.1 Å².